The zero-order chi connectivity index (χ0) is 13.5. The molecule has 0 bridgehead atoms. The minimum absolute atomic E-state index is 0.276. The molecule has 0 fully saturated rings. The zero-order valence-corrected chi connectivity index (χ0v) is 12.0. The third-order valence-corrected chi connectivity index (χ3v) is 4.78. The van der Waals surface area contributed by atoms with E-state index < -0.39 is 14.4 Å². The van der Waals surface area contributed by atoms with Crippen LogP contribution in [0.2, 0.25) is 0 Å². The van der Waals surface area contributed by atoms with E-state index in [-0.39, 0.29) is 12.0 Å². The Balaban J connectivity index is 4.94. The predicted octanol–water partition coefficient (Wildman–Crippen LogP) is 1.08. The molecule has 0 aliphatic rings. The van der Waals surface area contributed by atoms with Crippen LogP contribution in [0.1, 0.15) is 27.7 Å². The average Bonchev–Trinajstić information content (AvgIpc) is 2.27. The lowest BCUT2D eigenvalue weighted by Crippen LogP contribution is -2.56. The maximum absolute atomic E-state index is 11.6. The number of rotatable bonds is 9. The topological polar surface area (TPSA) is 65.0 Å². The van der Waals surface area contributed by atoms with Crippen molar-refractivity contribution in [2.24, 2.45) is 0 Å². The van der Waals surface area contributed by atoms with E-state index in [0.29, 0.717) is 13.2 Å². The van der Waals surface area contributed by atoms with E-state index in [1.54, 1.807) is 27.7 Å². The second-order valence-electron chi connectivity index (χ2n) is 3.89. The summed E-state index contributed by atoms with van der Waals surface area (Å²) >= 11 is 0. The maximum Gasteiger partial charge on any atom is 0.528 e. The highest BCUT2D eigenvalue weighted by Crippen LogP contribution is 2.21. The van der Waals surface area contributed by atoms with Crippen molar-refractivity contribution in [2.75, 3.05) is 19.4 Å². The van der Waals surface area contributed by atoms with Crippen LogP contribution in [0.15, 0.2) is 12.7 Å². The molecule has 5 nitrogen and oxygen atoms in total. The number of hydrogen-bond donors (Lipinski definition) is 1. The molecule has 100 valence electrons. The summed E-state index contributed by atoms with van der Waals surface area (Å²) in [7, 11) is -3.20. The smallest absolute Gasteiger partial charge is 0.392 e. The Morgan fingerprint density at radius 2 is 1.82 bits per heavy atom. The third-order valence-electron chi connectivity index (χ3n) is 2.11. The number of carbonyl (C=O) groups is 1. The van der Waals surface area contributed by atoms with Crippen molar-refractivity contribution >= 4 is 14.6 Å². The number of carbonyl (C=O) groups excluding carboxylic acids is 1. The SMILES string of the molecule is C=CC(=O)C(C)(C)O[Si](CO)(OCC)OCC. The van der Waals surface area contributed by atoms with Crippen LogP contribution in [-0.2, 0) is 18.1 Å². The van der Waals surface area contributed by atoms with Crippen LogP contribution in [0.5, 0.6) is 0 Å². The van der Waals surface area contributed by atoms with Gasteiger partial charge in [-0.25, -0.2) is 0 Å². The molecule has 0 aromatic rings. The molecule has 0 amide bonds. The summed E-state index contributed by atoms with van der Waals surface area (Å²) in [6.07, 6.45) is 0.830. The highest BCUT2D eigenvalue weighted by Gasteiger charge is 2.47. The van der Waals surface area contributed by atoms with E-state index in [4.69, 9.17) is 13.3 Å². The van der Waals surface area contributed by atoms with Crippen LogP contribution in [0.25, 0.3) is 0 Å². The molecular weight excluding hydrogens is 240 g/mol. The summed E-state index contributed by atoms with van der Waals surface area (Å²) in [4.78, 5) is 11.6. The van der Waals surface area contributed by atoms with Gasteiger partial charge in [-0.15, -0.1) is 0 Å². The van der Waals surface area contributed by atoms with E-state index in [0.717, 1.165) is 0 Å². The van der Waals surface area contributed by atoms with Crippen molar-refractivity contribution in [3.05, 3.63) is 12.7 Å². The molecular formula is C11H22O5Si. The molecule has 0 aromatic carbocycles. The predicted molar refractivity (Wildman–Crippen MR) is 66.5 cm³/mol. The van der Waals surface area contributed by atoms with Gasteiger partial charge < -0.3 is 18.4 Å². The standard InChI is InChI=1S/C11H22O5Si/c1-6-10(13)11(4,5)16-17(9-12,14-7-2)15-8-3/h6,12H,1,7-9H2,2-5H3. The Morgan fingerprint density at radius 1 is 1.35 bits per heavy atom. The van der Waals surface area contributed by atoms with Gasteiger partial charge in [0.05, 0.1) is 0 Å². The summed E-state index contributed by atoms with van der Waals surface area (Å²) in [5.41, 5.74) is -1.11. The van der Waals surface area contributed by atoms with Crippen molar-refractivity contribution in [1.82, 2.24) is 0 Å². The molecule has 6 heteroatoms. The molecule has 0 saturated heterocycles. The maximum atomic E-state index is 11.6. The molecule has 0 aromatic heterocycles. The van der Waals surface area contributed by atoms with Crippen LogP contribution in [0.4, 0.5) is 0 Å². The number of hydrogen-bond acceptors (Lipinski definition) is 5. The third kappa shape index (κ3) is 4.69. The first-order valence-corrected chi connectivity index (χ1v) is 7.56. The van der Waals surface area contributed by atoms with Crippen molar-refractivity contribution in [3.8, 4) is 0 Å². The van der Waals surface area contributed by atoms with Crippen LogP contribution < -0.4 is 0 Å². The Kier molecular flexibility index (Phi) is 6.80. The van der Waals surface area contributed by atoms with Gasteiger partial charge in [-0.2, -0.15) is 0 Å². The van der Waals surface area contributed by atoms with E-state index >= 15 is 0 Å². The molecule has 0 aliphatic heterocycles. The zero-order valence-electron chi connectivity index (χ0n) is 11.0. The van der Waals surface area contributed by atoms with Crippen LogP contribution in [0, 0.1) is 0 Å². The summed E-state index contributed by atoms with van der Waals surface area (Å²) < 4.78 is 16.4. The highest BCUT2D eigenvalue weighted by atomic mass is 28.4. The fourth-order valence-electron chi connectivity index (χ4n) is 1.35. The normalized spacial score (nSPS) is 12.5. The molecule has 0 heterocycles. The first-order chi connectivity index (χ1) is 7.87. The minimum Gasteiger partial charge on any atom is -0.392 e. The summed E-state index contributed by atoms with van der Waals surface area (Å²) in [5.74, 6) is -0.276. The lowest BCUT2D eigenvalue weighted by atomic mass is 10.0. The molecule has 1 N–H and O–H groups in total. The second kappa shape index (κ2) is 7.02. The van der Waals surface area contributed by atoms with Crippen molar-refractivity contribution in [1.29, 1.82) is 0 Å². The monoisotopic (exact) mass is 262 g/mol. The van der Waals surface area contributed by atoms with Crippen molar-refractivity contribution in [2.45, 2.75) is 33.3 Å². The Hall–Kier alpha value is -0.533. The molecule has 0 saturated carbocycles. The largest absolute Gasteiger partial charge is 0.528 e. The van der Waals surface area contributed by atoms with Crippen LogP contribution >= 0.6 is 0 Å². The van der Waals surface area contributed by atoms with Gasteiger partial charge >= 0.3 is 8.80 Å². The molecule has 0 aliphatic carbocycles. The summed E-state index contributed by atoms with van der Waals surface area (Å²) in [6, 6.07) is 0. The summed E-state index contributed by atoms with van der Waals surface area (Å²) in [5, 5.41) is 9.41. The first-order valence-electron chi connectivity index (χ1n) is 5.63. The van der Waals surface area contributed by atoms with Gasteiger partial charge in [0.25, 0.3) is 0 Å². The van der Waals surface area contributed by atoms with E-state index in [9.17, 15) is 9.90 Å². The number of aliphatic hydroxyl groups excluding tert-OH is 1. The lowest BCUT2D eigenvalue weighted by Gasteiger charge is -2.34. The van der Waals surface area contributed by atoms with Gasteiger partial charge in [0.2, 0.25) is 0 Å². The van der Waals surface area contributed by atoms with Gasteiger partial charge in [-0.05, 0) is 33.8 Å². The molecule has 17 heavy (non-hydrogen) atoms. The van der Waals surface area contributed by atoms with Crippen LogP contribution in [-0.4, -0.2) is 44.7 Å². The highest BCUT2D eigenvalue weighted by molar-refractivity contribution is 6.60. The van der Waals surface area contributed by atoms with Gasteiger partial charge in [0.1, 0.15) is 11.8 Å². The van der Waals surface area contributed by atoms with E-state index in [2.05, 4.69) is 6.58 Å². The quantitative estimate of drug-likeness (QED) is 0.497. The molecule has 0 radical (unpaired) electrons. The minimum atomic E-state index is -3.20. The first kappa shape index (κ1) is 16.5. The second-order valence-corrected chi connectivity index (χ2v) is 6.35. The van der Waals surface area contributed by atoms with Crippen molar-refractivity contribution < 1.29 is 23.2 Å². The summed E-state index contributed by atoms with van der Waals surface area (Å²) in [6.45, 7) is 10.9. The number of ketones is 1. The fourth-order valence-corrected chi connectivity index (χ4v) is 3.55. The fraction of sp³-hybridized carbons (Fsp3) is 0.727. The van der Waals surface area contributed by atoms with Gasteiger partial charge in [0.15, 0.2) is 5.78 Å². The van der Waals surface area contributed by atoms with E-state index in [1.165, 1.54) is 6.08 Å². The van der Waals surface area contributed by atoms with Gasteiger partial charge in [0, 0.05) is 13.2 Å². The number of aliphatic hydroxyl groups is 1. The van der Waals surface area contributed by atoms with Gasteiger partial charge in [-0.1, -0.05) is 6.58 Å². The van der Waals surface area contributed by atoms with Crippen LogP contribution in [0.3, 0.4) is 0 Å². The molecule has 0 atom stereocenters. The molecule has 0 rings (SSSR count). The lowest BCUT2D eigenvalue weighted by molar-refractivity contribution is -0.131. The average molecular weight is 262 g/mol. The Labute approximate surface area is 104 Å². The molecule has 0 spiro atoms. The van der Waals surface area contributed by atoms with Crippen molar-refractivity contribution in [3.63, 3.8) is 0 Å². The Morgan fingerprint density at radius 3 is 2.12 bits per heavy atom. The van der Waals surface area contributed by atoms with Gasteiger partial charge in [-0.3, -0.25) is 4.79 Å². The Bertz CT molecular complexity index is 259. The van der Waals surface area contributed by atoms with E-state index in [1.807, 2.05) is 0 Å². The molecule has 0 unspecified atom stereocenters.